The Hall–Kier alpha value is -0.120. The molecule has 2 heterocycles. The predicted octanol–water partition coefficient (Wildman–Crippen LogP) is 1.44. The van der Waals surface area contributed by atoms with Crippen LogP contribution in [0.2, 0.25) is 0 Å². The van der Waals surface area contributed by atoms with E-state index in [1.54, 1.807) is 7.11 Å². The number of nitrogens with zero attached hydrogens (tertiary/aromatic N) is 2. The van der Waals surface area contributed by atoms with Crippen LogP contribution in [-0.4, -0.2) is 62.3 Å². The Morgan fingerprint density at radius 2 is 1.81 bits per heavy atom. The van der Waals surface area contributed by atoms with Crippen molar-refractivity contribution in [1.82, 2.24) is 9.80 Å². The third-order valence-electron chi connectivity index (χ3n) is 4.32. The normalized spacial score (nSPS) is 26.2. The van der Waals surface area contributed by atoms with Gasteiger partial charge in [0.25, 0.3) is 0 Å². The molecule has 2 aliphatic heterocycles. The zero-order valence-electron chi connectivity index (χ0n) is 11.0. The second-order valence-corrected chi connectivity index (χ2v) is 5.83. The molecule has 2 rings (SSSR count). The molecule has 0 aromatic rings. The van der Waals surface area contributed by atoms with E-state index in [2.05, 4.69) is 23.6 Å². The topological polar surface area (TPSA) is 15.7 Å². The Morgan fingerprint density at radius 3 is 2.31 bits per heavy atom. The minimum absolute atomic E-state index is 0.666. The van der Waals surface area contributed by atoms with Gasteiger partial charge in [0.05, 0.1) is 6.61 Å². The minimum Gasteiger partial charge on any atom is -0.383 e. The number of piperidine rings is 1. The average molecular weight is 226 g/mol. The molecule has 2 aliphatic rings. The lowest BCUT2D eigenvalue weighted by Crippen LogP contribution is -2.61. The first-order chi connectivity index (χ1) is 7.65. The second kappa shape index (κ2) is 5.03. The molecular formula is C13H26N2O. The molecule has 2 saturated heterocycles. The van der Waals surface area contributed by atoms with Crippen molar-refractivity contribution < 1.29 is 4.74 Å². The molecule has 0 amide bonds. The fourth-order valence-electron chi connectivity index (χ4n) is 3.11. The number of ether oxygens (including phenoxy) is 1. The number of likely N-dealkylation sites (tertiary alicyclic amines) is 2. The summed E-state index contributed by atoms with van der Waals surface area (Å²) >= 11 is 0. The molecule has 0 aromatic carbocycles. The van der Waals surface area contributed by atoms with E-state index in [9.17, 15) is 0 Å². The molecule has 0 aliphatic carbocycles. The molecule has 0 radical (unpaired) electrons. The van der Waals surface area contributed by atoms with Crippen LogP contribution in [0, 0.1) is 5.41 Å². The van der Waals surface area contributed by atoms with Gasteiger partial charge in [-0.15, -0.1) is 0 Å². The van der Waals surface area contributed by atoms with E-state index < -0.39 is 0 Å². The van der Waals surface area contributed by atoms with Crippen LogP contribution in [0.3, 0.4) is 0 Å². The highest BCUT2D eigenvalue weighted by Gasteiger charge is 2.44. The van der Waals surface area contributed by atoms with Gasteiger partial charge >= 0.3 is 0 Å². The quantitative estimate of drug-likeness (QED) is 0.721. The first-order valence-electron chi connectivity index (χ1n) is 6.61. The minimum atomic E-state index is 0.666. The summed E-state index contributed by atoms with van der Waals surface area (Å²) in [5.41, 5.74) is 0.666. The Balaban J connectivity index is 1.70. The van der Waals surface area contributed by atoms with E-state index in [1.807, 2.05) is 0 Å². The SMILES string of the molecule is COCCN1CC2(CCN(C(C)C)CC2)C1. The largest absolute Gasteiger partial charge is 0.383 e. The highest BCUT2D eigenvalue weighted by molar-refractivity contribution is 4.98. The maximum absolute atomic E-state index is 5.12. The van der Waals surface area contributed by atoms with Crippen molar-refractivity contribution in [2.24, 2.45) is 5.41 Å². The van der Waals surface area contributed by atoms with Crippen LogP contribution in [0.1, 0.15) is 26.7 Å². The van der Waals surface area contributed by atoms with Crippen molar-refractivity contribution in [2.45, 2.75) is 32.7 Å². The maximum Gasteiger partial charge on any atom is 0.0589 e. The van der Waals surface area contributed by atoms with Gasteiger partial charge < -0.3 is 9.64 Å². The van der Waals surface area contributed by atoms with Crippen LogP contribution >= 0.6 is 0 Å². The molecule has 1 spiro atoms. The van der Waals surface area contributed by atoms with Crippen LogP contribution in [0.5, 0.6) is 0 Å². The fourth-order valence-corrected chi connectivity index (χ4v) is 3.11. The predicted molar refractivity (Wildman–Crippen MR) is 66.7 cm³/mol. The van der Waals surface area contributed by atoms with Crippen LogP contribution < -0.4 is 0 Å². The Morgan fingerprint density at radius 1 is 1.19 bits per heavy atom. The van der Waals surface area contributed by atoms with Crippen molar-refractivity contribution in [3.05, 3.63) is 0 Å². The fraction of sp³-hybridized carbons (Fsp3) is 1.00. The Bertz CT molecular complexity index is 214. The van der Waals surface area contributed by atoms with Crippen molar-refractivity contribution in [3.8, 4) is 0 Å². The molecule has 0 atom stereocenters. The van der Waals surface area contributed by atoms with Crippen molar-refractivity contribution in [3.63, 3.8) is 0 Å². The summed E-state index contributed by atoms with van der Waals surface area (Å²) in [6.07, 6.45) is 2.79. The van der Waals surface area contributed by atoms with E-state index in [-0.39, 0.29) is 0 Å². The average Bonchev–Trinajstić information content (AvgIpc) is 2.24. The molecule has 0 aromatic heterocycles. The number of methoxy groups -OCH3 is 1. The lowest BCUT2D eigenvalue weighted by molar-refractivity contribution is -0.0585. The van der Waals surface area contributed by atoms with Gasteiger partial charge in [0, 0.05) is 32.8 Å². The van der Waals surface area contributed by atoms with Gasteiger partial charge in [-0.1, -0.05) is 0 Å². The monoisotopic (exact) mass is 226 g/mol. The van der Waals surface area contributed by atoms with Gasteiger partial charge in [0.15, 0.2) is 0 Å². The molecule has 3 heteroatoms. The van der Waals surface area contributed by atoms with E-state index in [4.69, 9.17) is 4.74 Å². The zero-order chi connectivity index (χ0) is 11.6. The molecular weight excluding hydrogens is 200 g/mol. The molecule has 16 heavy (non-hydrogen) atoms. The third kappa shape index (κ3) is 2.58. The lowest BCUT2D eigenvalue weighted by Gasteiger charge is -2.54. The highest BCUT2D eigenvalue weighted by atomic mass is 16.5. The summed E-state index contributed by atoms with van der Waals surface area (Å²) in [6, 6.07) is 0.724. The smallest absolute Gasteiger partial charge is 0.0589 e. The number of hydrogen-bond donors (Lipinski definition) is 0. The molecule has 0 bridgehead atoms. The summed E-state index contributed by atoms with van der Waals surface area (Å²) in [4.78, 5) is 5.15. The van der Waals surface area contributed by atoms with Gasteiger partial charge in [-0.2, -0.15) is 0 Å². The van der Waals surface area contributed by atoms with E-state index in [0.29, 0.717) is 5.41 Å². The second-order valence-electron chi connectivity index (χ2n) is 5.83. The van der Waals surface area contributed by atoms with Crippen molar-refractivity contribution in [2.75, 3.05) is 46.4 Å². The van der Waals surface area contributed by atoms with Crippen LogP contribution in [0.15, 0.2) is 0 Å². The summed E-state index contributed by atoms with van der Waals surface area (Å²) in [7, 11) is 1.79. The Labute approximate surface area is 99.7 Å². The van der Waals surface area contributed by atoms with Gasteiger partial charge in [0.1, 0.15) is 0 Å². The van der Waals surface area contributed by atoms with Crippen LogP contribution in [0.4, 0.5) is 0 Å². The molecule has 0 unspecified atom stereocenters. The van der Waals surface area contributed by atoms with Gasteiger partial charge in [0.2, 0.25) is 0 Å². The first-order valence-corrected chi connectivity index (χ1v) is 6.61. The van der Waals surface area contributed by atoms with Gasteiger partial charge in [-0.05, 0) is 45.2 Å². The van der Waals surface area contributed by atoms with Gasteiger partial charge in [-0.3, -0.25) is 4.90 Å². The van der Waals surface area contributed by atoms with Crippen LogP contribution in [0.25, 0.3) is 0 Å². The summed E-state index contributed by atoms with van der Waals surface area (Å²) in [5.74, 6) is 0. The van der Waals surface area contributed by atoms with E-state index in [1.165, 1.54) is 39.0 Å². The molecule has 3 nitrogen and oxygen atoms in total. The Kier molecular flexibility index (Phi) is 3.88. The highest BCUT2D eigenvalue weighted by Crippen LogP contribution is 2.40. The standard InChI is InChI=1S/C13H26N2O/c1-12(2)15-6-4-13(5-7-15)10-14(11-13)8-9-16-3/h12H,4-11H2,1-3H3. The van der Waals surface area contributed by atoms with Crippen LogP contribution in [-0.2, 0) is 4.74 Å². The molecule has 0 saturated carbocycles. The maximum atomic E-state index is 5.12. The third-order valence-corrected chi connectivity index (χ3v) is 4.32. The molecule has 2 fully saturated rings. The lowest BCUT2D eigenvalue weighted by atomic mass is 9.72. The zero-order valence-corrected chi connectivity index (χ0v) is 11.0. The number of hydrogen-bond acceptors (Lipinski definition) is 3. The summed E-state index contributed by atoms with van der Waals surface area (Å²) in [6.45, 7) is 11.8. The molecule has 94 valence electrons. The van der Waals surface area contributed by atoms with E-state index in [0.717, 1.165) is 19.2 Å². The number of rotatable bonds is 4. The van der Waals surface area contributed by atoms with Crippen molar-refractivity contribution >= 4 is 0 Å². The molecule has 0 N–H and O–H groups in total. The van der Waals surface area contributed by atoms with E-state index >= 15 is 0 Å². The summed E-state index contributed by atoms with van der Waals surface area (Å²) < 4.78 is 5.12. The summed E-state index contributed by atoms with van der Waals surface area (Å²) in [5, 5.41) is 0. The van der Waals surface area contributed by atoms with Gasteiger partial charge in [-0.25, -0.2) is 0 Å². The first kappa shape index (κ1) is 12.3. The van der Waals surface area contributed by atoms with Crippen molar-refractivity contribution in [1.29, 1.82) is 0 Å².